The number of carboxylic acids is 1. The van der Waals surface area contributed by atoms with Crippen molar-refractivity contribution in [2.45, 2.75) is 25.4 Å². The second kappa shape index (κ2) is 4.63. The SMILES string of the molecule is O=C(O)C1CCC1Cc1cccc(C(F)(F)F)c1. The van der Waals surface area contributed by atoms with Crippen LogP contribution in [-0.2, 0) is 17.4 Å². The van der Waals surface area contributed by atoms with E-state index in [1.54, 1.807) is 6.07 Å². The third-order valence-corrected chi connectivity index (χ3v) is 3.49. The molecular formula is C13H13F3O2. The molecule has 1 aromatic rings. The van der Waals surface area contributed by atoms with Crippen LogP contribution in [0, 0.1) is 11.8 Å². The maximum Gasteiger partial charge on any atom is 0.416 e. The van der Waals surface area contributed by atoms with E-state index in [9.17, 15) is 18.0 Å². The molecule has 0 heterocycles. The standard InChI is InChI=1S/C13H13F3O2/c14-13(15,16)10-3-1-2-8(7-10)6-9-4-5-11(9)12(17)18/h1-3,7,9,11H,4-6H2,(H,17,18). The molecule has 1 aromatic carbocycles. The summed E-state index contributed by atoms with van der Waals surface area (Å²) < 4.78 is 37.5. The van der Waals surface area contributed by atoms with Crippen LogP contribution in [0.2, 0.25) is 0 Å². The topological polar surface area (TPSA) is 37.3 Å². The Morgan fingerprint density at radius 2 is 2.06 bits per heavy atom. The molecule has 2 nitrogen and oxygen atoms in total. The van der Waals surface area contributed by atoms with Gasteiger partial charge in [0.25, 0.3) is 0 Å². The third-order valence-electron chi connectivity index (χ3n) is 3.49. The molecule has 0 bridgehead atoms. The fourth-order valence-corrected chi connectivity index (χ4v) is 2.32. The summed E-state index contributed by atoms with van der Waals surface area (Å²) in [4.78, 5) is 10.8. The molecule has 18 heavy (non-hydrogen) atoms. The van der Waals surface area contributed by atoms with Gasteiger partial charge in [-0.05, 0) is 36.8 Å². The lowest BCUT2D eigenvalue weighted by Gasteiger charge is -2.33. The Kier molecular flexibility index (Phi) is 3.32. The number of halogens is 3. The highest BCUT2D eigenvalue weighted by atomic mass is 19.4. The number of hydrogen-bond acceptors (Lipinski definition) is 1. The summed E-state index contributed by atoms with van der Waals surface area (Å²) in [6.07, 6.45) is -2.55. The maximum absolute atomic E-state index is 12.5. The largest absolute Gasteiger partial charge is 0.481 e. The van der Waals surface area contributed by atoms with Gasteiger partial charge in [0.15, 0.2) is 0 Å². The van der Waals surface area contributed by atoms with Crippen molar-refractivity contribution >= 4 is 5.97 Å². The highest BCUT2D eigenvalue weighted by Gasteiger charge is 2.37. The van der Waals surface area contributed by atoms with E-state index in [1.165, 1.54) is 6.07 Å². The van der Waals surface area contributed by atoms with Gasteiger partial charge in [0.05, 0.1) is 11.5 Å². The molecule has 5 heteroatoms. The van der Waals surface area contributed by atoms with Crippen LogP contribution in [0.3, 0.4) is 0 Å². The molecule has 1 aliphatic carbocycles. The van der Waals surface area contributed by atoms with Gasteiger partial charge in [0.2, 0.25) is 0 Å². The van der Waals surface area contributed by atoms with Crippen molar-refractivity contribution in [3.63, 3.8) is 0 Å². The van der Waals surface area contributed by atoms with Crippen molar-refractivity contribution < 1.29 is 23.1 Å². The van der Waals surface area contributed by atoms with Crippen LogP contribution >= 0.6 is 0 Å². The van der Waals surface area contributed by atoms with E-state index < -0.39 is 23.6 Å². The van der Waals surface area contributed by atoms with Crippen LogP contribution in [0.1, 0.15) is 24.0 Å². The number of rotatable bonds is 3. The predicted octanol–water partition coefficient (Wildman–Crippen LogP) is 3.36. The van der Waals surface area contributed by atoms with Gasteiger partial charge in [0.1, 0.15) is 0 Å². The second-order valence-corrected chi connectivity index (χ2v) is 4.68. The molecule has 2 unspecified atom stereocenters. The molecule has 0 amide bonds. The minimum atomic E-state index is -4.35. The molecule has 0 saturated heterocycles. The van der Waals surface area contributed by atoms with Gasteiger partial charge in [0, 0.05) is 0 Å². The molecule has 1 fully saturated rings. The Labute approximate surface area is 102 Å². The molecule has 1 N–H and O–H groups in total. The zero-order valence-corrected chi connectivity index (χ0v) is 9.57. The van der Waals surface area contributed by atoms with Gasteiger partial charge < -0.3 is 5.11 Å². The molecule has 2 atom stereocenters. The first-order valence-electron chi connectivity index (χ1n) is 5.77. The number of hydrogen-bond donors (Lipinski definition) is 1. The molecule has 0 radical (unpaired) electrons. The summed E-state index contributed by atoms with van der Waals surface area (Å²) in [5, 5.41) is 8.89. The maximum atomic E-state index is 12.5. The molecule has 1 saturated carbocycles. The molecule has 0 spiro atoms. The summed E-state index contributed by atoms with van der Waals surface area (Å²) in [7, 11) is 0. The van der Waals surface area contributed by atoms with E-state index in [0.29, 0.717) is 18.4 Å². The minimum absolute atomic E-state index is 0.0361. The first-order chi connectivity index (χ1) is 8.38. The van der Waals surface area contributed by atoms with Crippen LogP contribution < -0.4 is 0 Å². The van der Waals surface area contributed by atoms with Crippen LogP contribution in [0.15, 0.2) is 24.3 Å². The summed E-state index contributed by atoms with van der Waals surface area (Å²) in [6.45, 7) is 0. The van der Waals surface area contributed by atoms with Gasteiger partial charge in [-0.1, -0.05) is 18.2 Å². The molecule has 2 rings (SSSR count). The van der Waals surface area contributed by atoms with Gasteiger partial charge in [-0.25, -0.2) is 0 Å². The number of benzene rings is 1. The molecule has 98 valence electrons. The first-order valence-corrected chi connectivity index (χ1v) is 5.77. The van der Waals surface area contributed by atoms with E-state index >= 15 is 0 Å². The van der Waals surface area contributed by atoms with Crippen molar-refractivity contribution in [3.05, 3.63) is 35.4 Å². The van der Waals surface area contributed by atoms with Gasteiger partial charge in [-0.2, -0.15) is 13.2 Å². The zero-order valence-electron chi connectivity index (χ0n) is 9.57. The van der Waals surface area contributed by atoms with E-state index in [1.807, 2.05) is 0 Å². The Balaban J connectivity index is 2.09. The Bertz CT molecular complexity index is 454. The zero-order chi connectivity index (χ0) is 13.3. The number of alkyl halides is 3. The molecule has 1 aliphatic rings. The summed E-state index contributed by atoms with van der Waals surface area (Å²) in [5.41, 5.74) is -0.119. The van der Waals surface area contributed by atoms with Crippen LogP contribution in [0.4, 0.5) is 13.2 Å². The van der Waals surface area contributed by atoms with Crippen LogP contribution in [0.5, 0.6) is 0 Å². The number of carbonyl (C=O) groups is 1. The monoisotopic (exact) mass is 258 g/mol. The first kappa shape index (κ1) is 12.9. The third kappa shape index (κ3) is 2.66. The fourth-order valence-electron chi connectivity index (χ4n) is 2.32. The smallest absolute Gasteiger partial charge is 0.416 e. The Hall–Kier alpha value is -1.52. The normalized spacial score (nSPS) is 23.5. The van der Waals surface area contributed by atoms with Gasteiger partial charge in [-0.3, -0.25) is 4.79 Å². The van der Waals surface area contributed by atoms with Crippen molar-refractivity contribution in [3.8, 4) is 0 Å². The van der Waals surface area contributed by atoms with E-state index in [-0.39, 0.29) is 5.92 Å². The number of aliphatic carboxylic acids is 1. The minimum Gasteiger partial charge on any atom is -0.481 e. The summed E-state index contributed by atoms with van der Waals surface area (Å²) >= 11 is 0. The van der Waals surface area contributed by atoms with Crippen LogP contribution in [0.25, 0.3) is 0 Å². The summed E-state index contributed by atoms with van der Waals surface area (Å²) in [5.74, 6) is -1.29. The second-order valence-electron chi connectivity index (χ2n) is 4.68. The highest BCUT2D eigenvalue weighted by molar-refractivity contribution is 5.71. The summed E-state index contributed by atoms with van der Waals surface area (Å²) in [6, 6.07) is 5.12. The molecule has 0 aromatic heterocycles. The Morgan fingerprint density at radius 1 is 1.33 bits per heavy atom. The van der Waals surface area contributed by atoms with Crippen molar-refractivity contribution in [1.82, 2.24) is 0 Å². The quantitative estimate of drug-likeness (QED) is 0.902. The lowest BCUT2D eigenvalue weighted by molar-refractivity contribution is -0.147. The average Bonchev–Trinajstić information content (AvgIpc) is 2.23. The highest BCUT2D eigenvalue weighted by Crippen LogP contribution is 2.37. The fraction of sp³-hybridized carbons (Fsp3) is 0.462. The van der Waals surface area contributed by atoms with Crippen molar-refractivity contribution in [2.75, 3.05) is 0 Å². The molecular weight excluding hydrogens is 245 g/mol. The average molecular weight is 258 g/mol. The van der Waals surface area contributed by atoms with E-state index in [2.05, 4.69) is 0 Å². The van der Waals surface area contributed by atoms with Crippen molar-refractivity contribution in [2.24, 2.45) is 11.8 Å². The van der Waals surface area contributed by atoms with Crippen molar-refractivity contribution in [1.29, 1.82) is 0 Å². The lowest BCUT2D eigenvalue weighted by Crippen LogP contribution is -2.34. The van der Waals surface area contributed by atoms with Crippen LogP contribution in [-0.4, -0.2) is 11.1 Å². The van der Waals surface area contributed by atoms with Gasteiger partial charge in [-0.15, -0.1) is 0 Å². The molecule has 0 aliphatic heterocycles. The van der Waals surface area contributed by atoms with Gasteiger partial charge >= 0.3 is 12.1 Å². The van der Waals surface area contributed by atoms with E-state index in [4.69, 9.17) is 5.11 Å². The predicted molar refractivity (Wildman–Crippen MR) is 59.0 cm³/mol. The lowest BCUT2D eigenvalue weighted by atomic mass is 9.71. The van der Waals surface area contributed by atoms with E-state index in [0.717, 1.165) is 18.6 Å². The number of carboxylic acid groups (broad SMARTS) is 1. The Morgan fingerprint density at radius 3 is 2.56 bits per heavy atom.